The number of ether oxygens (including phenoxy) is 1. The molecule has 0 fully saturated rings. The third kappa shape index (κ3) is 3.12. The Hall–Kier alpha value is -2.41. The third-order valence-electron chi connectivity index (χ3n) is 3.09. The van der Waals surface area contributed by atoms with Crippen molar-refractivity contribution in [1.29, 1.82) is 5.26 Å². The van der Waals surface area contributed by atoms with Crippen molar-refractivity contribution in [2.24, 2.45) is 0 Å². The van der Waals surface area contributed by atoms with Crippen molar-refractivity contribution in [1.82, 2.24) is 0 Å². The van der Waals surface area contributed by atoms with Crippen molar-refractivity contribution in [2.45, 2.75) is 12.3 Å². The van der Waals surface area contributed by atoms with E-state index in [9.17, 15) is 14.0 Å². The summed E-state index contributed by atoms with van der Waals surface area (Å²) in [6.07, 6.45) is 0.405. The molecule has 0 aliphatic rings. The normalized spacial score (nSPS) is 11.7. The molecule has 0 spiro atoms. The zero-order valence-corrected chi connectivity index (χ0v) is 10.9. The average Bonchev–Trinajstić information content (AvgIpc) is 2.46. The SMILES string of the molecule is COc1ccc(C(C#N)Cc2ccc(F)cc2)cc1F. The van der Waals surface area contributed by atoms with Gasteiger partial charge in [0.15, 0.2) is 11.6 Å². The van der Waals surface area contributed by atoms with Crippen LogP contribution in [0.25, 0.3) is 0 Å². The van der Waals surface area contributed by atoms with E-state index in [4.69, 9.17) is 4.74 Å². The average molecular weight is 273 g/mol. The van der Waals surface area contributed by atoms with E-state index in [-0.39, 0.29) is 11.6 Å². The second-order valence-electron chi connectivity index (χ2n) is 4.41. The zero-order chi connectivity index (χ0) is 14.5. The highest BCUT2D eigenvalue weighted by molar-refractivity contribution is 5.35. The number of methoxy groups -OCH3 is 1. The van der Waals surface area contributed by atoms with Crippen LogP contribution in [-0.2, 0) is 6.42 Å². The molecule has 0 aliphatic heterocycles. The first-order valence-corrected chi connectivity index (χ1v) is 6.11. The Balaban J connectivity index is 2.22. The van der Waals surface area contributed by atoms with Gasteiger partial charge in [0.1, 0.15) is 5.82 Å². The van der Waals surface area contributed by atoms with Crippen LogP contribution in [0.1, 0.15) is 17.0 Å². The van der Waals surface area contributed by atoms with Crippen LogP contribution in [0.3, 0.4) is 0 Å². The predicted molar refractivity (Wildman–Crippen MR) is 71.4 cm³/mol. The van der Waals surface area contributed by atoms with Crippen molar-refractivity contribution in [3.8, 4) is 11.8 Å². The summed E-state index contributed by atoms with van der Waals surface area (Å²) in [5, 5.41) is 9.23. The Bertz CT molecular complexity index is 632. The van der Waals surface area contributed by atoms with Gasteiger partial charge in [-0.3, -0.25) is 0 Å². The van der Waals surface area contributed by atoms with Crippen LogP contribution < -0.4 is 4.74 Å². The second kappa shape index (κ2) is 6.16. The number of hydrogen-bond acceptors (Lipinski definition) is 2. The molecule has 0 amide bonds. The maximum Gasteiger partial charge on any atom is 0.165 e. The van der Waals surface area contributed by atoms with Gasteiger partial charge < -0.3 is 4.74 Å². The minimum atomic E-state index is -0.496. The molecular weight excluding hydrogens is 260 g/mol. The van der Waals surface area contributed by atoms with Crippen molar-refractivity contribution < 1.29 is 13.5 Å². The number of benzene rings is 2. The Morgan fingerprint density at radius 2 is 1.85 bits per heavy atom. The van der Waals surface area contributed by atoms with E-state index >= 15 is 0 Å². The molecule has 2 nitrogen and oxygen atoms in total. The number of nitrogens with zero attached hydrogens (tertiary/aromatic N) is 1. The molecule has 0 aromatic heterocycles. The Morgan fingerprint density at radius 1 is 1.15 bits per heavy atom. The van der Waals surface area contributed by atoms with Crippen molar-refractivity contribution in [3.05, 3.63) is 65.2 Å². The van der Waals surface area contributed by atoms with Crippen LogP contribution in [0.5, 0.6) is 5.75 Å². The number of halogens is 2. The molecule has 2 aromatic carbocycles. The minimum Gasteiger partial charge on any atom is -0.494 e. The molecule has 2 aromatic rings. The van der Waals surface area contributed by atoms with Gasteiger partial charge in [-0.1, -0.05) is 18.2 Å². The van der Waals surface area contributed by atoms with Gasteiger partial charge in [-0.2, -0.15) is 5.26 Å². The fourth-order valence-electron chi connectivity index (χ4n) is 1.99. The highest BCUT2D eigenvalue weighted by Gasteiger charge is 2.14. The summed E-state index contributed by atoms with van der Waals surface area (Å²) >= 11 is 0. The summed E-state index contributed by atoms with van der Waals surface area (Å²) in [4.78, 5) is 0. The molecule has 0 radical (unpaired) electrons. The molecule has 0 N–H and O–H groups in total. The van der Waals surface area contributed by atoms with Crippen LogP contribution in [0.2, 0.25) is 0 Å². The summed E-state index contributed by atoms with van der Waals surface area (Å²) in [6.45, 7) is 0. The maximum absolute atomic E-state index is 13.7. The molecule has 1 unspecified atom stereocenters. The van der Waals surface area contributed by atoms with Crippen LogP contribution in [0, 0.1) is 23.0 Å². The van der Waals surface area contributed by atoms with Gasteiger partial charge in [0.25, 0.3) is 0 Å². The molecule has 0 bridgehead atoms. The van der Waals surface area contributed by atoms with Gasteiger partial charge in [-0.05, 0) is 41.8 Å². The van der Waals surface area contributed by atoms with Crippen LogP contribution >= 0.6 is 0 Å². The first kappa shape index (κ1) is 14.0. The predicted octanol–water partition coefficient (Wildman–Crippen LogP) is 3.82. The van der Waals surface area contributed by atoms with Gasteiger partial charge in [0.05, 0.1) is 19.1 Å². The first-order chi connectivity index (χ1) is 9.63. The van der Waals surface area contributed by atoms with E-state index in [1.54, 1.807) is 18.2 Å². The first-order valence-electron chi connectivity index (χ1n) is 6.11. The Kier molecular flexibility index (Phi) is 4.31. The third-order valence-corrected chi connectivity index (χ3v) is 3.09. The number of hydrogen-bond donors (Lipinski definition) is 0. The molecule has 0 aliphatic carbocycles. The summed E-state index contributed by atoms with van der Waals surface area (Å²) in [5.41, 5.74) is 1.41. The molecule has 2 rings (SSSR count). The summed E-state index contributed by atoms with van der Waals surface area (Å²) in [5.74, 6) is -1.16. The summed E-state index contributed by atoms with van der Waals surface area (Å²) in [7, 11) is 1.39. The molecule has 4 heteroatoms. The Morgan fingerprint density at radius 3 is 2.40 bits per heavy atom. The summed E-state index contributed by atoms with van der Waals surface area (Å²) < 4.78 is 31.3. The molecule has 0 heterocycles. The lowest BCUT2D eigenvalue weighted by molar-refractivity contribution is 0.386. The topological polar surface area (TPSA) is 33.0 Å². The van der Waals surface area contributed by atoms with Gasteiger partial charge >= 0.3 is 0 Å². The van der Waals surface area contributed by atoms with E-state index < -0.39 is 11.7 Å². The quantitative estimate of drug-likeness (QED) is 0.848. The largest absolute Gasteiger partial charge is 0.494 e. The highest BCUT2D eigenvalue weighted by Crippen LogP contribution is 2.25. The van der Waals surface area contributed by atoms with Gasteiger partial charge in [0.2, 0.25) is 0 Å². The maximum atomic E-state index is 13.7. The molecule has 1 atom stereocenters. The van der Waals surface area contributed by atoms with Crippen LogP contribution in [0.4, 0.5) is 8.78 Å². The van der Waals surface area contributed by atoms with Crippen LogP contribution in [0.15, 0.2) is 42.5 Å². The van der Waals surface area contributed by atoms with Crippen LogP contribution in [-0.4, -0.2) is 7.11 Å². The minimum absolute atomic E-state index is 0.146. The van der Waals surface area contributed by atoms with E-state index in [1.807, 2.05) is 0 Å². The number of rotatable bonds is 4. The Labute approximate surface area is 116 Å². The van der Waals surface area contributed by atoms with Crippen molar-refractivity contribution >= 4 is 0 Å². The van der Waals surface area contributed by atoms with Gasteiger partial charge in [0, 0.05) is 0 Å². The smallest absolute Gasteiger partial charge is 0.165 e. The standard InChI is InChI=1S/C16H13F2NO/c1-20-16-7-4-12(9-15(16)18)13(10-19)8-11-2-5-14(17)6-3-11/h2-7,9,13H,8H2,1H3. The fraction of sp³-hybridized carbons (Fsp3) is 0.188. The van der Waals surface area contributed by atoms with E-state index in [2.05, 4.69) is 6.07 Å². The van der Waals surface area contributed by atoms with E-state index in [1.165, 1.54) is 31.4 Å². The highest BCUT2D eigenvalue weighted by atomic mass is 19.1. The zero-order valence-electron chi connectivity index (χ0n) is 10.9. The molecule has 0 saturated heterocycles. The van der Waals surface area contributed by atoms with Crippen molar-refractivity contribution in [2.75, 3.05) is 7.11 Å². The lowest BCUT2D eigenvalue weighted by Gasteiger charge is -2.11. The van der Waals surface area contributed by atoms with Gasteiger partial charge in [-0.25, -0.2) is 8.78 Å². The summed E-state index contributed by atoms with van der Waals surface area (Å²) in [6, 6.07) is 12.6. The molecule has 102 valence electrons. The lowest BCUT2D eigenvalue weighted by atomic mass is 9.93. The lowest BCUT2D eigenvalue weighted by Crippen LogP contribution is -2.02. The van der Waals surface area contributed by atoms with Crippen molar-refractivity contribution in [3.63, 3.8) is 0 Å². The second-order valence-corrected chi connectivity index (χ2v) is 4.41. The van der Waals surface area contributed by atoms with E-state index in [0.29, 0.717) is 12.0 Å². The van der Waals surface area contributed by atoms with Gasteiger partial charge in [-0.15, -0.1) is 0 Å². The molecule has 0 saturated carbocycles. The monoisotopic (exact) mass is 273 g/mol. The van der Waals surface area contributed by atoms with E-state index in [0.717, 1.165) is 5.56 Å². The fourth-order valence-corrected chi connectivity index (χ4v) is 1.99. The molecular formula is C16H13F2NO. The number of nitriles is 1. The molecule has 20 heavy (non-hydrogen) atoms.